The number of para-hydroxylation sites is 1. The van der Waals surface area contributed by atoms with E-state index in [1.165, 1.54) is 0 Å². The van der Waals surface area contributed by atoms with Crippen molar-refractivity contribution in [2.24, 2.45) is 0 Å². The third-order valence-electron chi connectivity index (χ3n) is 4.66. The summed E-state index contributed by atoms with van der Waals surface area (Å²) in [6, 6.07) is 10.2. The fourth-order valence-corrected chi connectivity index (χ4v) is 3.39. The van der Waals surface area contributed by atoms with Crippen LogP contribution in [0.2, 0.25) is 0 Å². The summed E-state index contributed by atoms with van der Waals surface area (Å²) in [6.07, 6.45) is 3.37. The molecule has 3 aromatic rings. The zero-order valence-corrected chi connectivity index (χ0v) is 14.7. The van der Waals surface area contributed by atoms with Gasteiger partial charge in [0.05, 0.1) is 17.0 Å². The van der Waals surface area contributed by atoms with E-state index < -0.39 is 6.04 Å². The summed E-state index contributed by atoms with van der Waals surface area (Å²) in [5.41, 5.74) is 1.49. The molecule has 1 aromatic carbocycles. The van der Waals surface area contributed by atoms with E-state index in [9.17, 15) is 9.59 Å². The van der Waals surface area contributed by atoms with Crippen molar-refractivity contribution in [3.8, 4) is 0 Å². The standard InChI is InChI=1S/C20H19N3O3/c1-22(2)10-11-23-17(13-6-5-9-21-12-13)16-18(24)14-7-3-4-8-15(14)26-19(16)20(23)25/h3-9,12,17H,10-11H2,1-2H3/t17-/m1/s1. The van der Waals surface area contributed by atoms with Crippen LogP contribution in [0.25, 0.3) is 11.0 Å². The monoisotopic (exact) mass is 349 g/mol. The van der Waals surface area contributed by atoms with Crippen LogP contribution < -0.4 is 5.43 Å². The van der Waals surface area contributed by atoms with Crippen LogP contribution in [0.5, 0.6) is 0 Å². The topological polar surface area (TPSA) is 66.7 Å². The molecule has 1 amide bonds. The number of carbonyl (C=O) groups excluding carboxylic acids is 1. The number of aromatic nitrogens is 1. The second kappa shape index (κ2) is 6.38. The maximum absolute atomic E-state index is 13.2. The Kier molecular flexibility index (Phi) is 4.05. The fraction of sp³-hybridized carbons (Fsp3) is 0.250. The number of carbonyl (C=O) groups is 1. The maximum Gasteiger partial charge on any atom is 0.290 e. The first-order valence-electron chi connectivity index (χ1n) is 8.49. The molecule has 0 saturated carbocycles. The van der Waals surface area contributed by atoms with E-state index >= 15 is 0 Å². The number of benzene rings is 1. The summed E-state index contributed by atoms with van der Waals surface area (Å²) in [6.45, 7) is 1.18. The Balaban J connectivity index is 1.93. The Morgan fingerprint density at radius 2 is 1.96 bits per heavy atom. The third kappa shape index (κ3) is 2.59. The van der Waals surface area contributed by atoms with Crippen LogP contribution in [0, 0.1) is 0 Å². The van der Waals surface area contributed by atoms with Crippen molar-refractivity contribution in [2.75, 3.05) is 27.2 Å². The molecule has 0 fully saturated rings. The van der Waals surface area contributed by atoms with E-state index in [-0.39, 0.29) is 17.1 Å². The molecule has 132 valence electrons. The molecule has 0 unspecified atom stereocenters. The van der Waals surface area contributed by atoms with Gasteiger partial charge in [-0.15, -0.1) is 0 Å². The Bertz CT molecular complexity index is 1030. The van der Waals surface area contributed by atoms with E-state index in [0.29, 0.717) is 29.6 Å². The first kappa shape index (κ1) is 16.5. The first-order chi connectivity index (χ1) is 12.6. The number of nitrogens with zero attached hydrogens (tertiary/aromatic N) is 3. The lowest BCUT2D eigenvalue weighted by molar-refractivity contribution is 0.0716. The molecule has 0 saturated heterocycles. The Labute approximate surface area is 150 Å². The van der Waals surface area contributed by atoms with Crippen molar-refractivity contribution >= 4 is 16.9 Å². The van der Waals surface area contributed by atoms with Crippen LogP contribution >= 0.6 is 0 Å². The minimum Gasteiger partial charge on any atom is -0.450 e. The van der Waals surface area contributed by atoms with Gasteiger partial charge in [-0.05, 0) is 37.9 Å². The molecule has 2 aromatic heterocycles. The zero-order valence-electron chi connectivity index (χ0n) is 14.7. The van der Waals surface area contributed by atoms with Crippen molar-refractivity contribution in [3.05, 3.63) is 75.9 Å². The molecule has 0 spiro atoms. The Morgan fingerprint density at radius 3 is 2.69 bits per heavy atom. The van der Waals surface area contributed by atoms with Gasteiger partial charge in [-0.3, -0.25) is 14.6 Å². The van der Waals surface area contributed by atoms with Gasteiger partial charge in [-0.1, -0.05) is 18.2 Å². The number of rotatable bonds is 4. The van der Waals surface area contributed by atoms with Crippen LogP contribution in [-0.2, 0) is 0 Å². The van der Waals surface area contributed by atoms with E-state index in [1.807, 2.05) is 31.1 Å². The Hall–Kier alpha value is -2.99. The van der Waals surface area contributed by atoms with Gasteiger partial charge in [-0.2, -0.15) is 0 Å². The number of fused-ring (bicyclic) bond motifs is 2. The highest BCUT2D eigenvalue weighted by molar-refractivity contribution is 5.99. The summed E-state index contributed by atoms with van der Waals surface area (Å²) in [4.78, 5) is 34.1. The molecule has 0 bridgehead atoms. The van der Waals surface area contributed by atoms with Crippen molar-refractivity contribution in [1.29, 1.82) is 0 Å². The minimum atomic E-state index is -0.480. The van der Waals surface area contributed by atoms with Gasteiger partial charge in [-0.25, -0.2) is 0 Å². The van der Waals surface area contributed by atoms with Crippen LogP contribution in [0.15, 0.2) is 58.0 Å². The molecule has 6 heteroatoms. The predicted octanol–water partition coefficient (Wildman–Crippen LogP) is 2.29. The van der Waals surface area contributed by atoms with E-state index in [2.05, 4.69) is 4.98 Å². The third-order valence-corrected chi connectivity index (χ3v) is 4.66. The highest BCUT2D eigenvalue weighted by Crippen LogP contribution is 2.37. The molecule has 4 rings (SSSR count). The lowest BCUT2D eigenvalue weighted by Crippen LogP contribution is -2.35. The maximum atomic E-state index is 13.2. The van der Waals surface area contributed by atoms with Crippen LogP contribution in [0.3, 0.4) is 0 Å². The van der Waals surface area contributed by atoms with Gasteiger partial charge >= 0.3 is 0 Å². The second-order valence-electron chi connectivity index (χ2n) is 6.66. The van der Waals surface area contributed by atoms with Crippen LogP contribution in [0.1, 0.15) is 27.7 Å². The lowest BCUT2D eigenvalue weighted by Gasteiger charge is -2.26. The van der Waals surface area contributed by atoms with E-state index in [0.717, 1.165) is 5.56 Å². The molecule has 1 atom stereocenters. The summed E-state index contributed by atoms with van der Waals surface area (Å²) in [5, 5.41) is 0.488. The van der Waals surface area contributed by atoms with E-state index in [1.54, 1.807) is 41.6 Å². The predicted molar refractivity (Wildman–Crippen MR) is 98.2 cm³/mol. The van der Waals surface area contributed by atoms with Crippen molar-refractivity contribution in [1.82, 2.24) is 14.8 Å². The van der Waals surface area contributed by atoms with E-state index in [4.69, 9.17) is 4.42 Å². The number of likely N-dealkylation sites (N-methyl/N-ethyl adjacent to an activating group) is 1. The lowest BCUT2D eigenvalue weighted by atomic mass is 10.00. The molecular formula is C20H19N3O3. The normalized spacial score (nSPS) is 16.5. The van der Waals surface area contributed by atoms with Gasteiger partial charge in [0.25, 0.3) is 5.91 Å². The Morgan fingerprint density at radius 1 is 1.15 bits per heavy atom. The summed E-state index contributed by atoms with van der Waals surface area (Å²) in [5.74, 6) is -0.111. The van der Waals surface area contributed by atoms with Crippen LogP contribution in [-0.4, -0.2) is 47.9 Å². The number of amides is 1. The smallest absolute Gasteiger partial charge is 0.290 e. The minimum absolute atomic E-state index is 0.140. The highest BCUT2D eigenvalue weighted by atomic mass is 16.3. The van der Waals surface area contributed by atoms with Crippen molar-refractivity contribution in [3.63, 3.8) is 0 Å². The number of hydrogen-bond acceptors (Lipinski definition) is 5. The first-order valence-corrected chi connectivity index (χ1v) is 8.49. The molecule has 0 aliphatic carbocycles. The molecule has 0 N–H and O–H groups in total. The average molecular weight is 349 g/mol. The molecular weight excluding hydrogens is 330 g/mol. The quantitative estimate of drug-likeness (QED) is 0.723. The van der Waals surface area contributed by atoms with Gasteiger partial charge < -0.3 is 14.2 Å². The molecule has 0 radical (unpaired) electrons. The van der Waals surface area contributed by atoms with Crippen LogP contribution in [0.4, 0.5) is 0 Å². The SMILES string of the molecule is CN(C)CCN1C(=O)c2oc3ccccc3c(=O)c2[C@H]1c1cccnc1. The van der Waals surface area contributed by atoms with Gasteiger partial charge in [0.1, 0.15) is 5.58 Å². The molecule has 1 aliphatic rings. The number of hydrogen-bond donors (Lipinski definition) is 0. The molecule has 26 heavy (non-hydrogen) atoms. The van der Waals surface area contributed by atoms with Gasteiger partial charge in [0, 0.05) is 25.5 Å². The average Bonchev–Trinajstić information content (AvgIpc) is 2.93. The van der Waals surface area contributed by atoms with Crippen molar-refractivity contribution < 1.29 is 9.21 Å². The summed E-state index contributed by atoms with van der Waals surface area (Å²) >= 11 is 0. The summed E-state index contributed by atoms with van der Waals surface area (Å²) in [7, 11) is 3.90. The fourth-order valence-electron chi connectivity index (χ4n) is 3.39. The summed E-state index contributed by atoms with van der Waals surface area (Å²) < 4.78 is 5.86. The molecule has 3 heterocycles. The van der Waals surface area contributed by atoms with Gasteiger partial charge in [0.15, 0.2) is 5.43 Å². The van der Waals surface area contributed by atoms with Gasteiger partial charge in [0.2, 0.25) is 5.76 Å². The zero-order chi connectivity index (χ0) is 18.3. The second-order valence-corrected chi connectivity index (χ2v) is 6.66. The molecule has 6 nitrogen and oxygen atoms in total. The molecule has 1 aliphatic heterocycles. The number of pyridine rings is 1. The van der Waals surface area contributed by atoms with Crippen molar-refractivity contribution in [2.45, 2.75) is 6.04 Å². The largest absolute Gasteiger partial charge is 0.450 e. The highest BCUT2D eigenvalue weighted by Gasteiger charge is 2.42.